The van der Waals surface area contributed by atoms with Crippen molar-refractivity contribution in [1.29, 1.82) is 0 Å². The minimum Gasteiger partial charge on any atom is -0.380 e. The zero-order valence-electron chi connectivity index (χ0n) is 19.0. The number of amides is 1. The highest BCUT2D eigenvalue weighted by Crippen LogP contribution is 2.26. The molecule has 5 rings (SSSR count). The maximum Gasteiger partial charge on any atom is 0.265 e. The number of pyridine rings is 2. The van der Waals surface area contributed by atoms with Crippen molar-refractivity contribution in [3.63, 3.8) is 0 Å². The molecule has 35 heavy (non-hydrogen) atoms. The second-order valence-corrected chi connectivity index (χ2v) is 8.74. The fourth-order valence-corrected chi connectivity index (χ4v) is 4.12. The van der Waals surface area contributed by atoms with Gasteiger partial charge in [-0.1, -0.05) is 24.3 Å². The van der Waals surface area contributed by atoms with Crippen LogP contribution in [-0.2, 0) is 11.3 Å². The molecule has 0 radical (unpaired) electrons. The lowest BCUT2D eigenvalue weighted by Gasteiger charge is -2.26. The topological polar surface area (TPSA) is 73.2 Å². The van der Waals surface area contributed by atoms with E-state index in [1.54, 1.807) is 43.5 Å². The highest BCUT2D eigenvalue weighted by molar-refractivity contribution is 5.97. The molecular formula is C27H23F2N3O3. The molecule has 1 aliphatic rings. The summed E-state index contributed by atoms with van der Waals surface area (Å²) < 4.78 is 33.4. The Balaban J connectivity index is 1.55. The summed E-state index contributed by atoms with van der Waals surface area (Å²) in [5, 5.41) is 3.48. The molecule has 0 saturated carbocycles. The number of carbonyl (C=O) groups excluding carboxylic acids is 1. The number of carbonyl (C=O) groups is 1. The molecule has 1 fully saturated rings. The fraction of sp³-hybridized carbons (Fsp3) is 0.222. The number of rotatable bonds is 6. The summed E-state index contributed by atoms with van der Waals surface area (Å²) in [5.41, 5.74) is 2.29. The minimum atomic E-state index is -0.543. The van der Waals surface area contributed by atoms with E-state index >= 15 is 0 Å². The Morgan fingerprint density at radius 2 is 1.74 bits per heavy atom. The minimum absolute atomic E-state index is 0.0302. The van der Waals surface area contributed by atoms with Gasteiger partial charge in [0.2, 0.25) is 0 Å². The zero-order chi connectivity index (χ0) is 24.5. The molecule has 178 valence electrons. The number of fused-ring (bicyclic) bond motifs is 1. The maximum absolute atomic E-state index is 13.5. The Bertz CT molecular complexity index is 1450. The first-order valence-electron chi connectivity index (χ1n) is 11.3. The highest BCUT2D eigenvalue weighted by Gasteiger charge is 2.23. The van der Waals surface area contributed by atoms with Gasteiger partial charge in [0.15, 0.2) is 0 Å². The van der Waals surface area contributed by atoms with Gasteiger partial charge in [0.05, 0.1) is 25.8 Å². The summed E-state index contributed by atoms with van der Waals surface area (Å²) in [6, 6.07) is 14.7. The van der Waals surface area contributed by atoms with E-state index in [2.05, 4.69) is 10.3 Å². The average molecular weight is 475 g/mol. The summed E-state index contributed by atoms with van der Waals surface area (Å²) in [7, 11) is 0. The molecule has 0 aliphatic carbocycles. The van der Waals surface area contributed by atoms with E-state index in [1.807, 2.05) is 6.07 Å². The van der Waals surface area contributed by atoms with Gasteiger partial charge in [0.1, 0.15) is 22.8 Å². The first-order valence-corrected chi connectivity index (χ1v) is 11.3. The van der Waals surface area contributed by atoms with Gasteiger partial charge in [-0.2, -0.15) is 0 Å². The van der Waals surface area contributed by atoms with Crippen LogP contribution in [-0.4, -0.2) is 28.7 Å². The van der Waals surface area contributed by atoms with Crippen LogP contribution in [0.25, 0.3) is 11.0 Å². The van der Waals surface area contributed by atoms with Crippen molar-refractivity contribution in [3.05, 3.63) is 111 Å². The molecule has 8 heteroatoms. The van der Waals surface area contributed by atoms with Crippen LogP contribution in [0.5, 0.6) is 0 Å². The monoisotopic (exact) mass is 475 g/mol. The molecule has 0 bridgehead atoms. The molecule has 2 aromatic carbocycles. The Morgan fingerprint density at radius 1 is 1.09 bits per heavy atom. The van der Waals surface area contributed by atoms with Crippen LogP contribution in [0.15, 0.2) is 71.7 Å². The van der Waals surface area contributed by atoms with Crippen LogP contribution in [0.3, 0.4) is 0 Å². The molecule has 3 heterocycles. The first kappa shape index (κ1) is 22.9. The van der Waals surface area contributed by atoms with Gasteiger partial charge in [0, 0.05) is 17.5 Å². The fourth-order valence-electron chi connectivity index (χ4n) is 4.12. The zero-order valence-corrected chi connectivity index (χ0v) is 19.0. The summed E-state index contributed by atoms with van der Waals surface area (Å²) in [6.45, 7) is 3.10. The quantitative estimate of drug-likeness (QED) is 0.451. The van der Waals surface area contributed by atoms with E-state index in [0.29, 0.717) is 35.4 Å². The van der Waals surface area contributed by atoms with Crippen LogP contribution < -0.4 is 10.9 Å². The molecule has 1 atom stereocenters. The van der Waals surface area contributed by atoms with Gasteiger partial charge in [0.25, 0.3) is 11.5 Å². The Kier molecular flexibility index (Phi) is 6.13. The summed E-state index contributed by atoms with van der Waals surface area (Å²) in [5.74, 6) is -1.07. The van der Waals surface area contributed by atoms with Crippen molar-refractivity contribution < 1.29 is 18.3 Å². The van der Waals surface area contributed by atoms with Crippen molar-refractivity contribution in [2.45, 2.75) is 25.4 Å². The third-order valence-electron chi connectivity index (χ3n) is 6.27. The van der Waals surface area contributed by atoms with Crippen molar-refractivity contribution >= 4 is 16.9 Å². The second kappa shape index (κ2) is 9.38. The van der Waals surface area contributed by atoms with E-state index in [0.717, 1.165) is 5.56 Å². The molecule has 4 aromatic rings. The second-order valence-electron chi connectivity index (χ2n) is 8.74. The van der Waals surface area contributed by atoms with Crippen molar-refractivity contribution in [1.82, 2.24) is 14.9 Å². The van der Waals surface area contributed by atoms with Crippen LogP contribution in [0.2, 0.25) is 0 Å². The molecule has 1 aliphatic heterocycles. The lowest BCUT2D eigenvalue weighted by Crippen LogP contribution is -2.35. The number of halogens is 2. The lowest BCUT2D eigenvalue weighted by molar-refractivity contribution is 0.00835. The van der Waals surface area contributed by atoms with Crippen molar-refractivity contribution in [3.8, 4) is 0 Å². The third kappa shape index (κ3) is 4.70. The molecule has 0 unspecified atom stereocenters. The molecule has 0 spiro atoms. The van der Waals surface area contributed by atoms with Gasteiger partial charge in [-0.3, -0.25) is 14.2 Å². The number of nitrogens with one attached hydrogen (secondary N) is 1. The summed E-state index contributed by atoms with van der Waals surface area (Å²) in [6.07, 6.45) is 1.73. The van der Waals surface area contributed by atoms with Gasteiger partial charge < -0.3 is 10.1 Å². The summed E-state index contributed by atoms with van der Waals surface area (Å²) >= 11 is 0. The molecule has 1 amide bonds. The average Bonchev–Trinajstić information content (AvgIpc) is 2.81. The SMILES string of the molecule is C[C@@H](NC(=O)c1cc2cc(C3COC3)cnc2n(Cc2ccc(F)cc2)c1=O)c1ccc(F)cc1. The van der Waals surface area contributed by atoms with Crippen LogP contribution in [0.4, 0.5) is 8.78 Å². The van der Waals surface area contributed by atoms with Crippen LogP contribution in [0, 0.1) is 11.6 Å². The molecule has 1 saturated heterocycles. The van der Waals surface area contributed by atoms with Gasteiger partial charge in [-0.25, -0.2) is 13.8 Å². The molecule has 6 nitrogen and oxygen atoms in total. The molecule has 2 aromatic heterocycles. The number of hydrogen-bond donors (Lipinski definition) is 1. The number of benzene rings is 2. The standard InChI is InChI=1S/C27H23F2N3O3/c1-16(18-4-8-23(29)9-5-18)31-26(33)24-11-19-10-20(21-14-35-15-21)12-30-25(19)32(27(24)34)13-17-2-6-22(28)7-3-17/h2-12,16,21H,13-15H2,1H3,(H,31,33)/t16-/m1/s1. The maximum atomic E-state index is 13.5. The largest absolute Gasteiger partial charge is 0.380 e. The van der Waals surface area contributed by atoms with Crippen LogP contribution in [0.1, 0.15) is 45.9 Å². The normalized spacial score (nSPS) is 14.5. The Hall–Kier alpha value is -3.91. The number of aromatic nitrogens is 2. The van der Waals surface area contributed by atoms with Gasteiger partial charge in [-0.15, -0.1) is 0 Å². The Morgan fingerprint density at radius 3 is 2.37 bits per heavy atom. The van der Waals surface area contributed by atoms with E-state index in [1.165, 1.54) is 28.8 Å². The van der Waals surface area contributed by atoms with Crippen molar-refractivity contribution in [2.24, 2.45) is 0 Å². The van der Waals surface area contributed by atoms with Crippen LogP contribution >= 0.6 is 0 Å². The van der Waals surface area contributed by atoms with E-state index in [4.69, 9.17) is 4.74 Å². The Labute approximate surface area is 200 Å². The predicted molar refractivity (Wildman–Crippen MR) is 127 cm³/mol. The van der Waals surface area contributed by atoms with E-state index in [-0.39, 0.29) is 29.7 Å². The number of hydrogen-bond acceptors (Lipinski definition) is 4. The smallest absolute Gasteiger partial charge is 0.265 e. The van der Waals surface area contributed by atoms with E-state index < -0.39 is 17.5 Å². The number of nitrogens with zero attached hydrogens (tertiary/aromatic N) is 2. The lowest BCUT2D eigenvalue weighted by atomic mass is 9.98. The molecule has 1 N–H and O–H groups in total. The predicted octanol–water partition coefficient (Wildman–Crippen LogP) is 4.33. The summed E-state index contributed by atoms with van der Waals surface area (Å²) in [4.78, 5) is 31.2. The third-order valence-corrected chi connectivity index (χ3v) is 6.27. The van der Waals surface area contributed by atoms with E-state index in [9.17, 15) is 18.4 Å². The van der Waals surface area contributed by atoms with Gasteiger partial charge >= 0.3 is 0 Å². The first-order chi connectivity index (χ1) is 16.9. The highest BCUT2D eigenvalue weighted by atomic mass is 19.1. The molecular weight excluding hydrogens is 452 g/mol. The van der Waals surface area contributed by atoms with Gasteiger partial charge in [-0.05, 0) is 60.0 Å². The van der Waals surface area contributed by atoms with Crippen molar-refractivity contribution in [2.75, 3.05) is 13.2 Å². The number of ether oxygens (including phenoxy) is 1.